The number of sulfonamides is 1. The molecule has 0 aromatic heterocycles. The van der Waals surface area contributed by atoms with Crippen LogP contribution >= 0.6 is 0 Å². The van der Waals surface area contributed by atoms with Crippen molar-refractivity contribution in [3.8, 4) is 5.75 Å². The SMILES string of the molecule is Cc1c(C)c(S(=O)(=O)N2C3=NCCN3C[C@@H]3CC=C[C@@H]32)c(C)c2c1OC(C)(C)C2. The van der Waals surface area contributed by atoms with Crippen molar-refractivity contribution in [3.63, 3.8) is 0 Å². The van der Waals surface area contributed by atoms with Gasteiger partial charge in [0.1, 0.15) is 11.4 Å². The van der Waals surface area contributed by atoms with Gasteiger partial charge in [0.05, 0.1) is 17.5 Å². The average molecular weight is 416 g/mol. The molecule has 4 aliphatic rings. The number of rotatable bonds is 2. The van der Waals surface area contributed by atoms with E-state index >= 15 is 0 Å². The fourth-order valence-corrected chi connectivity index (χ4v) is 7.61. The third kappa shape index (κ3) is 2.59. The molecule has 1 aromatic carbocycles. The number of guanidine groups is 1. The number of fused-ring (bicyclic) bond motifs is 3. The lowest BCUT2D eigenvalue weighted by atomic mass is 9.94. The van der Waals surface area contributed by atoms with Crippen LogP contribution in [0.25, 0.3) is 0 Å². The summed E-state index contributed by atoms with van der Waals surface area (Å²) in [5.41, 5.74) is 3.24. The van der Waals surface area contributed by atoms with Crippen LogP contribution in [0.2, 0.25) is 0 Å². The number of allylic oxidation sites excluding steroid dienone is 1. The van der Waals surface area contributed by atoms with Gasteiger partial charge in [0.2, 0.25) is 5.96 Å². The molecule has 0 saturated carbocycles. The molecule has 29 heavy (non-hydrogen) atoms. The van der Waals surface area contributed by atoms with E-state index in [-0.39, 0.29) is 11.6 Å². The predicted octanol–water partition coefficient (Wildman–Crippen LogP) is 2.95. The molecule has 7 heteroatoms. The van der Waals surface area contributed by atoms with Crippen LogP contribution in [-0.2, 0) is 16.4 Å². The van der Waals surface area contributed by atoms with Crippen molar-refractivity contribution in [2.45, 2.75) is 64.0 Å². The summed E-state index contributed by atoms with van der Waals surface area (Å²) in [6.07, 6.45) is 5.81. The standard InChI is InChI=1S/C22H29N3O3S/c1-13-14(2)20(15(3)17-11-22(4,5)28-19(13)17)29(26,27)25-18-8-6-7-16(18)12-24-10-9-23-21(24)25/h6,8,16,18H,7,9-12H2,1-5H3/t16-,18-/m0/s1. The van der Waals surface area contributed by atoms with Crippen molar-refractivity contribution in [1.29, 1.82) is 0 Å². The summed E-state index contributed by atoms with van der Waals surface area (Å²) in [5.74, 6) is 1.77. The summed E-state index contributed by atoms with van der Waals surface area (Å²) in [7, 11) is -3.76. The van der Waals surface area contributed by atoms with E-state index in [2.05, 4.69) is 35.9 Å². The van der Waals surface area contributed by atoms with Gasteiger partial charge in [0.15, 0.2) is 0 Å². The zero-order valence-electron chi connectivity index (χ0n) is 17.8. The summed E-state index contributed by atoms with van der Waals surface area (Å²) in [6, 6.07) is -0.145. The quantitative estimate of drug-likeness (QED) is 0.697. The molecule has 5 rings (SSSR count). The Kier molecular flexibility index (Phi) is 3.93. The van der Waals surface area contributed by atoms with Crippen molar-refractivity contribution in [3.05, 3.63) is 34.4 Å². The lowest BCUT2D eigenvalue weighted by molar-refractivity contribution is 0.137. The summed E-state index contributed by atoms with van der Waals surface area (Å²) in [4.78, 5) is 7.18. The Morgan fingerprint density at radius 3 is 2.69 bits per heavy atom. The fraction of sp³-hybridized carbons (Fsp3) is 0.591. The Balaban J connectivity index is 1.70. The zero-order chi connectivity index (χ0) is 20.7. The number of aliphatic imine (C=N–C) groups is 1. The van der Waals surface area contributed by atoms with E-state index in [4.69, 9.17) is 4.74 Å². The van der Waals surface area contributed by atoms with Crippen molar-refractivity contribution >= 4 is 16.0 Å². The van der Waals surface area contributed by atoms with Gasteiger partial charge in [-0.25, -0.2) is 12.7 Å². The number of nitrogens with zero attached hydrogens (tertiary/aromatic N) is 3. The minimum absolute atomic E-state index is 0.145. The molecule has 1 saturated heterocycles. The van der Waals surface area contributed by atoms with E-state index in [9.17, 15) is 8.42 Å². The minimum atomic E-state index is -3.76. The van der Waals surface area contributed by atoms with E-state index in [0.29, 0.717) is 23.3 Å². The summed E-state index contributed by atoms with van der Waals surface area (Å²) < 4.78 is 36.1. The number of hydrogen-bond acceptors (Lipinski definition) is 5. The highest BCUT2D eigenvalue weighted by molar-refractivity contribution is 7.89. The second-order valence-electron chi connectivity index (χ2n) is 9.39. The molecule has 6 nitrogen and oxygen atoms in total. The van der Waals surface area contributed by atoms with Crippen molar-refractivity contribution in [2.75, 3.05) is 19.6 Å². The number of hydrogen-bond donors (Lipinski definition) is 0. The molecule has 1 aromatic rings. The van der Waals surface area contributed by atoms with Crippen LogP contribution in [0.4, 0.5) is 0 Å². The van der Waals surface area contributed by atoms with Gasteiger partial charge in [0, 0.05) is 31.0 Å². The lowest BCUT2D eigenvalue weighted by Crippen LogP contribution is -2.58. The molecule has 0 bridgehead atoms. The second kappa shape index (κ2) is 6.00. The van der Waals surface area contributed by atoms with E-state index in [1.807, 2.05) is 20.8 Å². The molecule has 2 atom stereocenters. The maximum Gasteiger partial charge on any atom is 0.267 e. The maximum atomic E-state index is 14.2. The molecule has 3 aliphatic heterocycles. The molecule has 1 fully saturated rings. The van der Waals surface area contributed by atoms with Crippen molar-refractivity contribution in [2.24, 2.45) is 10.9 Å². The van der Waals surface area contributed by atoms with Crippen molar-refractivity contribution in [1.82, 2.24) is 9.21 Å². The largest absolute Gasteiger partial charge is 0.487 e. The Bertz CT molecular complexity index is 1070. The fourth-order valence-electron chi connectivity index (χ4n) is 5.41. The van der Waals surface area contributed by atoms with Crippen LogP contribution in [-0.4, -0.2) is 54.9 Å². The van der Waals surface area contributed by atoms with Gasteiger partial charge in [-0.3, -0.25) is 4.99 Å². The van der Waals surface area contributed by atoms with Crippen LogP contribution in [0.5, 0.6) is 5.75 Å². The second-order valence-corrected chi connectivity index (χ2v) is 11.1. The van der Waals surface area contributed by atoms with Gasteiger partial charge < -0.3 is 9.64 Å². The first-order valence-electron chi connectivity index (χ1n) is 10.4. The van der Waals surface area contributed by atoms with Crippen LogP contribution in [0.3, 0.4) is 0 Å². The third-order valence-corrected chi connectivity index (χ3v) is 8.95. The van der Waals surface area contributed by atoms with Gasteiger partial charge in [-0.05, 0) is 57.7 Å². The smallest absolute Gasteiger partial charge is 0.267 e. The molecule has 0 radical (unpaired) electrons. The normalized spacial score (nSPS) is 26.9. The van der Waals surface area contributed by atoms with E-state index in [0.717, 1.165) is 53.9 Å². The van der Waals surface area contributed by atoms with Gasteiger partial charge in [-0.1, -0.05) is 12.2 Å². The van der Waals surface area contributed by atoms with Crippen LogP contribution in [0.1, 0.15) is 42.5 Å². The molecule has 156 valence electrons. The Hall–Kier alpha value is -2.02. The lowest BCUT2D eigenvalue weighted by Gasteiger charge is -2.43. The molecule has 0 spiro atoms. The Labute approximate surface area is 173 Å². The zero-order valence-corrected chi connectivity index (χ0v) is 18.6. The van der Waals surface area contributed by atoms with E-state index < -0.39 is 10.0 Å². The van der Waals surface area contributed by atoms with Crippen LogP contribution in [0.15, 0.2) is 22.0 Å². The third-order valence-electron chi connectivity index (χ3n) is 6.89. The van der Waals surface area contributed by atoms with Gasteiger partial charge in [-0.2, -0.15) is 0 Å². The molecule has 0 amide bonds. The number of ether oxygens (including phenoxy) is 1. The molecular weight excluding hydrogens is 386 g/mol. The molecular formula is C22H29N3O3S. The van der Waals surface area contributed by atoms with Crippen LogP contribution in [0, 0.1) is 26.7 Å². The van der Waals surface area contributed by atoms with E-state index in [1.165, 1.54) is 0 Å². The first-order valence-corrected chi connectivity index (χ1v) is 11.9. The monoisotopic (exact) mass is 415 g/mol. The summed E-state index contributed by atoms with van der Waals surface area (Å²) >= 11 is 0. The molecule has 3 heterocycles. The predicted molar refractivity (Wildman–Crippen MR) is 113 cm³/mol. The van der Waals surface area contributed by atoms with Gasteiger partial charge >= 0.3 is 0 Å². The van der Waals surface area contributed by atoms with Gasteiger partial charge in [-0.15, -0.1) is 0 Å². The Morgan fingerprint density at radius 1 is 1.17 bits per heavy atom. The van der Waals surface area contributed by atoms with Gasteiger partial charge in [0.25, 0.3) is 10.0 Å². The minimum Gasteiger partial charge on any atom is -0.487 e. The molecule has 0 N–H and O–H groups in total. The first kappa shape index (κ1) is 19.0. The average Bonchev–Trinajstić information content (AvgIpc) is 3.34. The molecule has 0 unspecified atom stereocenters. The summed E-state index contributed by atoms with van der Waals surface area (Å²) in [6.45, 7) is 12.3. The Morgan fingerprint density at radius 2 is 1.93 bits per heavy atom. The number of benzene rings is 1. The summed E-state index contributed by atoms with van der Waals surface area (Å²) in [5, 5.41) is 0. The van der Waals surface area contributed by atoms with Crippen molar-refractivity contribution < 1.29 is 13.2 Å². The highest BCUT2D eigenvalue weighted by Crippen LogP contribution is 2.45. The highest BCUT2D eigenvalue weighted by atomic mass is 32.2. The maximum absolute atomic E-state index is 14.2. The van der Waals surface area contributed by atoms with Crippen LogP contribution < -0.4 is 4.74 Å². The first-order chi connectivity index (χ1) is 13.6. The van der Waals surface area contributed by atoms with E-state index in [1.54, 1.807) is 4.31 Å². The molecule has 1 aliphatic carbocycles. The topological polar surface area (TPSA) is 62.2 Å². The highest BCUT2D eigenvalue weighted by Gasteiger charge is 2.48.